The Morgan fingerprint density at radius 3 is 2.55 bits per heavy atom. The number of hydrogen-bond donors (Lipinski definition) is 1. The lowest BCUT2D eigenvalue weighted by molar-refractivity contribution is -0.116. The SMILES string of the molecule is Cc1cccc(NC(=O)CCC(=O)c2ccc(C)s2)c1. The van der Waals surface area contributed by atoms with E-state index >= 15 is 0 Å². The predicted octanol–water partition coefficient (Wildman–Crippen LogP) is 3.97. The second kappa shape index (κ2) is 6.48. The molecule has 1 aromatic heterocycles. The number of nitrogens with one attached hydrogen (secondary N) is 1. The number of hydrogen-bond acceptors (Lipinski definition) is 3. The fourth-order valence-electron chi connectivity index (χ4n) is 1.88. The molecule has 20 heavy (non-hydrogen) atoms. The Bertz CT molecular complexity index is 631. The third-order valence-corrected chi connectivity index (χ3v) is 3.94. The van der Waals surface area contributed by atoms with Crippen molar-refractivity contribution in [1.82, 2.24) is 0 Å². The Hall–Kier alpha value is -1.94. The summed E-state index contributed by atoms with van der Waals surface area (Å²) in [5.41, 5.74) is 1.86. The van der Waals surface area contributed by atoms with E-state index in [1.54, 1.807) is 0 Å². The van der Waals surface area contributed by atoms with E-state index in [-0.39, 0.29) is 24.5 Å². The molecular weight excluding hydrogens is 270 g/mol. The minimum absolute atomic E-state index is 0.0301. The van der Waals surface area contributed by atoms with Gasteiger partial charge in [0.2, 0.25) is 5.91 Å². The van der Waals surface area contributed by atoms with Crippen molar-refractivity contribution in [3.05, 3.63) is 51.7 Å². The van der Waals surface area contributed by atoms with E-state index in [4.69, 9.17) is 0 Å². The van der Waals surface area contributed by atoms with Crippen molar-refractivity contribution in [2.45, 2.75) is 26.7 Å². The summed E-state index contributed by atoms with van der Waals surface area (Å²) in [6.45, 7) is 3.93. The fourth-order valence-corrected chi connectivity index (χ4v) is 2.72. The molecule has 1 heterocycles. The van der Waals surface area contributed by atoms with Gasteiger partial charge in [0.1, 0.15) is 0 Å². The maximum absolute atomic E-state index is 11.9. The van der Waals surface area contributed by atoms with Gasteiger partial charge >= 0.3 is 0 Å². The van der Waals surface area contributed by atoms with Gasteiger partial charge in [0.25, 0.3) is 0 Å². The number of rotatable bonds is 5. The van der Waals surface area contributed by atoms with Crippen molar-refractivity contribution in [3.63, 3.8) is 0 Å². The van der Waals surface area contributed by atoms with Crippen molar-refractivity contribution in [3.8, 4) is 0 Å². The van der Waals surface area contributed by atoms with Crippen LogP contribution in [0.3, 0.4) is 0 Å². The summed E-state index contributed by atoms with van der Waals surface area (Å²) in [5.74, 6) is -0.0975. The van der Waals surface area contributed by atoms with E-state index in [1.807, 2.05) is 50.2 Å². The third-order valence-electron chi connectivity index (χ3n) is 2.90. The fraction of sp³-hybridized carbons (Fsp3) is 0.250. The van der Waals surface area contributed by atoms with E-state index < -0.39 is 0 Å². The summed E-state index contributed by atoms with van der Waals surface area (Å²) in [6, 6.07) is 11.4. The van der Waals surface area contributed by atoms with Crippen LogP contribution < -0.4 is 5.32 Å². The molecule has 104 valence electrons. The summed E-state index contributed by atoms with van der Waals surface area (Å²) >= 11 is 1.47. The Morgan fingerprint density at radius 2 is 1.90 bits per heavy atom. The van der Waals surface area contributed by atoms with Gasteiger partial charge in [-0.25, -0.2) is 0 Å². The van der Waals surface area contributed by atoms with Crippen molar-refractivity contribution in [2.75, 3.05) is 5.32 Å². The number of Topliss-reactive ketones (excluding diaryl/α,β-unsaturated/α-hetero) is 1. The number of aryl methyl sites for hydroxylation is 2. The van der Waals surface area contributed by atoms with Crippen LogP contribution in [0.2, 0.25) is 0 Å². The van der Waals surface area contributed by atoms with Gasteiger partial charge in [-0.3, -0.25) is 9.59 Å². The zero-order valence-electron chi connectivity index (χ0n) is 11.6. The molecular formula is C16H17NO2S. The molecule has 3 nitrogen and oxygen atoms in total. The predicted molar refractivity (Wildman–Crippen MR) is 82.4 cm³/mol. The van der Waals surface area contributed by atoms with Gasteiger partial charge in [0.05, 0.1) is 4.88 Å². The van der Waals surface area contributed by atoms with E-state index in [2.05, 4.69) is 5.32 Å². The molecule has 0 aliphatic carbocycles. The normalized spacial score (nSPS) is 10.3. The summed E-state index contributed by atoms with van der Waals surface area (Å²) in [4.78, 5) is 25.5. The van der Waals surface area contributed by atoms with Gasteiger partial charge in [0.15, 0.2) is 5.78 Å². The van der Waals surface area contributed by atoms with Gasteiger partial charge in [0, 0.05) is 23.4 Å². The van der Waals surface area contributed by atoms with Crippen LogP contribution in [0.4, 0.5) is 5.69 Å². The van der Waals surface area contributed by atoms with Crippen LogP contribution in [0.25, 0.3) is 0 Å². The summed E-state index contributed by atoms with van der Waals surface area (Å²) in [7, 11) is 0. The molecule has 0 saturated carbocycles. The molecule has 0 aliphatic rings. The lowest BCUT2D eigenvalue weighted by Gasteiger charge is -2.05. The van der Waals surface area contributed by atoms with Gasteiger partial charge in [-0.15, -0.1) is 11.3 Å². The Labute approximate surface area is 122 Å². The number of thiophene rings is 1. The van der Waals surface area contributed by atoms with E-state index in [0.717, 1.165) is 21.0 Å². The zero-order valence-corrected chi connectivity index (χ0v) is 12.4. The van der Waals surface area contributed by atoms with Crippen molar-refractivity contribution >= 4 is 28.7 Å². The van der Waals surface area contributed by atoms with Crippen LogP contribution in [0, 0.1) is 13.8 Å². The number of anilines is 1. The molecule has 1 aromatic carbocycles. The van der Waals surface area contributed by atoms with E-state index in [0.29, 0.717) is 0 Å². The molecule has 0 unspecified atom stereocenters. The highest BCUT2D eigenvalue weighted by molar-refractivity contribution is 7.14. The van der Waals surface area contributed by atoms with Crippen LogP contribution >= 0.6 is 11.3 Å². The Balaban J connectivity index is 1.85. The first-order valence-corrected chi connectivity index (χ1v) is 7.32. The van der Waals surface area contributed by atoms with Gasteiger partial charge in [-0.05, 0) is 43.7 Å². The highest BCUT2D eigenvalue weighted by Gasteiger charge is 2.11. The molecule has 1 N–H and O–H groups in total. The number of carbonyl (C=O) groups is 2. The molecule has 0 bridgehead atoms. The molecule has 2 rings (SSSR count). The highest BCUT2D eigenvalue weighted by Crippen LogP contribution is 2.18. The lowest BCUT2D eigenvalue weighted by atomic mass is 10.1. The van der Waals surface area contributed by atoms with Crippen molar-refractivity contribution < 1.29 is 9.59 Å². The number of amides is 1. The monoisotopic (exact) mass is 287 g/mol. The zero-order chi connectivity index (χ0) is 14.5. The molecule has 2 aromatic rings. The number of ketones is 1. The van der Waals surface area contributed by atoms with E-state index in [1.165, 1.54) is 11.3 Å². The molecule has 0 spiro atoms. The molecule has 0 fully saturated rings. The minimum atomic E-state index is -0.128. The Morgan fingerprint density at radius 1 is 1.10 bits per heavy atom. The van der Waals surface area contributed by atoms with Crippen LogP contribution in [0.5, 0.6) is 0 Å². The molecule has 0 atom stereocenters. The number of carbonyl (C=O) groups excluding carboxylic acids is 2. The first-order valence-electron chi connectivity index (χ1n) is 6.51. The Kier molecular flexibility index (Phi) is 4.69. The standard InChI is InChI=1S/C16H17NO2S/c1-11-4-3-5-13(10-11)17-16(19)9-7-14(18)15-8-6-12(2)20-15/h3-6,8,10H,7,9H2,1-2H3,(H,17,19). The van der Waals surface area contributed by atoms with Gasteiger partial charge < -0.3 is 5.32 Å². The van der Waals surface area contributed by atoms with Crippen LogP contribution in [0.15, 0.2) is 36.4 Å². The molecule has 0 saturated heterocycles. The molecule has 1 amide bonds. The second-order valence-electron chi connectivity index (χ2n) is 4.75. The van der Waals surface area contributed by atoms with Gasteiger partial charge in [-0.2, -0.15) is 0 Å². The van der Waals surface area contributed by atoms with Gasteiger partial charge in [-0.1, -0.05) is 12.1 Å². The first-order chi connectivity index (χ1) is 9.54. The summed E-state index contributed by atoms with van der Waals surface area (Å²) in [6.07, 6.45) is 0.460. The lowest BCUT2D eigenvalue weighted by Crippen LogP contribution is -2.13. The largest absolute Gasteiger partial charge is 0.326 e. The highest BCUT2D eigenvalue weighted by atomic mass is 32.1. The quantitative estimate of drug-likeness (QED) is 0.846. The average molecular weight is 287 g/mol. The third kappa shape index (κ3) is 4.03. The smallest absolute Gasteiger partial charge is 0.224 e. The summed E-state index contributed by atoms with van der Waals surface area (Å²) < 4.78 is 0. The van der Waals surface area contributed by atoms with Crippen molar-refractivity contribution in [2.24, 2.45) is 0 Å². The van der Waals surface area contributed by atoms with Crippen LogP contribution in [0.1, 0.15) is 33.0 Å². The van der Waals surface area contributed by atoms with Crippen LogP contribution in [-0.2, 0) is 4.79 Å². The molecule has 0 radical (unpaired) electrons. The second-order valence-corrected chi connectivity index (χ2v) is 6.04. The molecule has 4 heteroatoms. The molecule has 0 aliphatic heterocycles. The maximum Gasteiger partial charge on any atom is 0.224 e. The van der Waals surface area contributed by atoms with E-state index in [9.17, 15) is 9.59 Å². The van der Waals surface area contributed by atoms with Crippen LogP contribution in [-0.4, -0.2) is 11.7 Å². The topological polar surface area (TPSA) is 46.2 Å². The minimum Gasteiger partial charge on any atom is -0.326 e. The average Bonchev–Trinajstić information content (AvgIpc) is 2.83. The van der Waals surface area contributed by atoms with Crippen molar-refractivity contribution in [1.29, 1.82) is 0 Å². The maximum atomic E-state index is 11.9. The summed E-state index contributed by atoms with van der Waals surface area (Å²) in [5, 5.41) is 2.81. The number of benzene rings is 1. The first kappa shape index (κ1) is 14.5.